The molecule has 3 aromatic heterocycles. The molecule has 3 aromatic rings. The lowest BCUT2D eigenvalue weighted by atomic mass is 9.71. The van der Waals surface area contributed by atoms with Gasteiger partial charge in [0, 0.05) is 45.1 Å². The smallest absolute Gasteiger partial charge is 0.410 e. The fourth-order valence-electron chi connectivity index (χ4n) is 9.19. The number of morpholine rings is 1. The van der Waals surface area contributed by atoms with Gasteiger partial charge in [0.15, 0.2) is 11.3 Å². The van der Waals surface area contributed by atoms with Crippen LogP contribution in [0, 0.1) is 11.3 Å². The van der Waals surface area contributed by atoms with E-state index in [1.54, 1.807) is 17.1 Å². The molecule has 4 saturated heterocycles. The SMILES string of the molecule is CC(C)(C)OC(=O)N1CCC2(CCN(CC3CCC(n4cc(NC(=O)c5cnn6ccc(N7CC8CCC(C7)O8)nc56)c(C(F)F)n4)CC3)CC2)CC1. The van der Waals surface area contributed by atoms with Crippen molar-refractivity contribution in [2.24, 2.45) is 11.3 Å². The Hall–Kier alpha value is -3.85. The predicted octanol–water partition coefficient (Wildman–Crippen LogP) is 6.33. The molecule has 7 heterocycles. The number of ether oxygens (including phenoxy) is 2. The number of nitrogens with zero attached hydrogens (tertiary/aromatic N) is 8. The van der Waals surface area contributed by atoms with E-state index in [2.05, 4.69) is 25.3 Å². The average Bonchev–Trinajstić information content (AvgIpc) is 3.85. The number of halogens is 2. The first-order valence-electron chi connectivity index (χ1n) is 19.5. The molecular weight excluding hydrogens is 684 g/mol. The minimum atomic E-state index is -2.83. The number of rotatable bonds is 7. The van der Waals surface area contributed by atoms with Crippen molar-refractivity contribution in [3.63, 3.8) is 0 Å². The highest BCUT2D eigenvalue weighted by Crippen LogP contribution is 2.42. The number of aromatic nitrogens is 5. The molecule has 2 unspecified atom stereocenters. The minimum absolute atomic E-state index is 0.000738. The van der Waals surface area contributed by atoms with Crippen LogP contribution in [0.5, 0.6) is 0 Å². The van der Waals surface area contributed by atoms with E-state index in [1.807, 2.05) is 31.7 Å². The molecule has 13 nitrogen and oxygen atoms in total. The van der Waals surface area contributed by atoms with E-state index >= 15 is 0 Å². The summed E-state index contributed by atoms with van der Waals surface area (Å²) in [4.78, 5) is 37.5. The van der Waals surface area contributed by atoms with Crippen LogP contribution in [0.3, 0.4) is 0 Å². The molecule has 2 bridgehead atoms. The van der Waals surface area contributed by atoms with Crippen LogP contribution in [0.25, 0.3) is 5.65 Å². The Balaban J connectivity index is 0.839. The van der Waals surface area contributed by atoms with E-state index < -0.39 is 23.6 Å². The van der Waals surface area contributed by atoms with Gasteiger partial charge in [0.25, 0.3) is 12.3 Å². The van der Waals surface area contributed by atoms with Crippen molar-refractivity contribution < 1.29 is 27.8 Å². The van der Waals surface area contributed by atoms with Gasteiger partial charge in [-0.25, -0.2) is 23.1 Å². The van der Waals surface area contributed by atoms with Crippen LogP contribution in [-0.2, 0) is 9.47 Å². The van der Waals surface area contributed by atoms with Gasteiger partial charge in [-0.2, -0.15) is 10.2 Å². The number of likely N-dealkylation sites (tertiary alicyclic amines) is 2. The van der Waals surface area contributed by atoms with Gasteiger partial charge in [-0.15, -0.1) is 0 Å². The Labute approximate surface area is 309 Å². The lowest BCUT2D eigenvalue weighted by Gasteiger charge is -2.47. The highest BCUT2D eigenvalue weighted by molar-refractivity contribution is 6.08. The predicted molar refractivity (Wildman–Crippen MR) is 194 cm³/mol. The number of alkyl halides is 2. The number of piperidine rings is 2. The lowest BCUT2D eigenvalue weighted by molar-refractivity contribution is -0.00438. The zero-order chi connectivity index (χ0) is 36.9. The maximum Gasteiger partial charge on any atom is 0.410 e. The highest BCUT2D eigenvalue weighted by atomic mass is 19.3. The maximum atomic E-state index is 14.2. The number of amides is 2. The van der Waals surface area contributed by atoms with E-state index in [4.69, 9.17) is 14.5 Å². The topological polar surface area (TPSA) is 122 Å². The summed E-state index contributed by atoms with van der Waals surface area (Å²) in [6.45, 7) is 11.9. The van der Waals surface area contributed by atoms with Crippen molar-refractivity contribution in [3.05, 3.63) is 35.9 Å². The third-order valence-corrected chi connectivity index (χ3v) is 12.3. The molecule has 15 heteroatoms. The second kappa shape index (κ2) is 14.4. The number of fused-ring (bicyclic) bond motifs is 3. The maximum absolute atomic E-state index is 14.2. The Morgan fingerprint density at radius 3 is 2.34 bits per heavy atom. The summed E-state index contributed by atoms with van der Waals surface area (Å²) < 4.78 is 43.2. The Morgan fingerprint density at radius 2 is 1.68 bits per heavy atom. The van der Waals surface area contributed by atoms with Gasteiger partial charge in [-0.3, -0.25) is 9.48 Å². The molecule has 0 radical (unpaired) electrons. The summed E-state index contributed by atoms with van der Waals surface area (Å²) in [7, 11) is 0. The molecule has 1 spiro atoms. The van der Waals surface area contributed by atoms with Gasteiger partial charge in [-0.05, 0) is 115 Å². The second-order valence-electron chi connectivity index (χ2n) is 17.1. The van der Waals surface area contributed by atoms with Crippen molar-refractivity contribution in [1.29, 1.82) is 0 Å². The van der Waals surface area contributed by atoms with Crippen molar-refractivity contribution in [2.45, 2.75) is 115 Å². The fourth-order valence-corrected chi connectivity index (χ4v) is 9.19. The van der Waals surface area contributed by atoms with E-state index in [1.165, 1.54) is 10.7 Å². The molecular formula is C38H53F2N9O4. The Morgan fingerprint density at radius 1 is 1.00 bits per heavy atom. The van der Waals surface area contributed by atoms with Crippen LogP contribution in [-0.4, -0.2) is 110 Å². The van der Waals surface area contributed by atoms with Crippen LogP contribution in [0.2, 0.25) is 0 Å². The van der Waals surface area contributed by atoms with Crippen LogP contribution >= 0.6 is 0 Å². The van der Waals surface area contributed by atoms with Crippen molar-refractivity contribution in [2.75, 3.05) is 56.0 Å². The van der Waals surface area contributed by atoms with Gasteiger partial charge < -0.3 is 29.5 Å². The number of nitrogens with one attached hydrogen (secondary N) is 1. The highest BCUT2D eigenvalue weighted by Gasteiger charge is 2.40. The summed E-state index contributed by atoms with van der Waals surface area (Å²) in [5.41, 5.74) is 0.0203. The normalized spacial score (nSPS) is 26.5. The summed E-state index contributed by atoms with van der Waals surface area (Å²) in [5.74, 6) is 0.749. The van der Waals surface area contributed by atoms with E-state index in [0.29, 0.717) is 17.0 Å². The van der Waals surface area contributed by atoms with Crippen molar-refractivity contribution in [1.82, 2.24) is 34.2 Å². The van der Waals surface area contributed by atoms with Crippen molar-refractivity contribution in [3.8, 4) is 0 Å². The number of hydrogen-bond acceptors (Lipinski definition) is 9. The van der Waals surface area contributed by atoms with Crippen LogP contribution in [0.15, 0.2) is 24.7 Å². The van der Waals surface area contributed by atoms with Crippen LogP contribution < -0.4 is 10.2 Å². The molecule has 1 saturated carbocycles. The fraction of sp³-hybridized carbons (Fsp3) is 0.711. The first-order chi connectivity index (χ1) is 25.4. The average molecular weight is 738 g/mol. The minimum Gasteiger partial charge on any atom is -0.444 e. The number of carbonyl (C=O) groups is 2. The van der Waals surface area contributed by atoms with Gasteiger partial charge in [0.2, 0.25) is 0 Å². The third-order valence-electron chi connectivity index (χ3n) is 12.3. The lowest BCUT2D eigenvalue weighted by Crippen LogP contribution is -2.49. The molecule has 5 aliphatic rings. The Bertz CT molecular complexity index is 1770. The van der Waals surface area contributed by atoms with Crippen LogP contribution in [0.4, 0.5) is 25.1 Å². The zero-order valence-electron chi connectivity index (χ0n) is 31.2. The van der Waals surface area contributed by atoms with Gasteiger partial charge in [0.05, 0.1) is 30.1 Å². The second-order valence-corrected chi connectivity index (χ2v) is 17.1. The van der Waals surface area contributed by atoms with E-state index in [9.17, 15) is 18.4 Å². The molecule has 288 valence electrons. The summed E-state index contributed by atoms with van der Waals surface area (Å²) in [6.07, 6.45) is 12.3. The first-order valence-corrected chi connectivity index (χ1v) is 19.5. The molecule has 2 atom stereocenters. The van der Waals surface area contributed by atoms with E-state index in [-0.39, 0.29) is 35.6 Å². The Kier molecular flexibility index (Phi) is 9.84. The number of carbonyl (C=O) groups excluding carboxylic acids is 2. The van der Waals surface area contributed by atoms with Gasteiger partial charge >= 0.3 is 6.09 Å². The molecule has 0 aromatic carbocycles. The number of anilines is 2. The third kappa shape index (κ3) is 7.87. The summed E-state index contributed by atoms with van der Waals surface area (Å²) in [6, 6.07) is 1.88. The van der Waals surface area contributed by atoms with E-state index in [0.717, 1.165) is 116 Å². The molecule has 1 aliphatic carbocycles. The monoisotopic (exact) mass is 737 g/mol. The molecule has 2 amide bonds. The van der Waals surface area contributed by atoms with Crippen molar-refractivity contribution >= 4 is 29.2 Å². The molecule has 4 aliphatic heterocycles. The largest absolute Gasteiger partial charge is 0.444 e. The molecule has 5 fully saturated rings. The molecule has 1 N–H and O–H groups in total. The van der Waals surface area contributed by atoms with Crippen LogP contribution in [0.1, 0.15) is 113 Å². The van der Waals surface area contributed by atoms with Gasteiger partial charge in [0.1, 0.15) is 17.0 Å². The molecule has 53 heavy (non-hydrogen) atoms. The summed E-state index contributed by atoms with van der Waals surface area (Å²) >= 11 is 0. The first kappa shape index (κ1) is 36.1. The zero-order valence-corrected chi connectivity index (χ0v) is 31.2. The standard InChI is InChI=1S/C38H53F2N9O4/c1-37(2,3)53-36(51)46-18-13-38(14-19-46)11-16-45(17-12-38)21-25-4-6-26(7-5-25)49-24-30(32(44-49)33(39)40)42-35(50)29-20-41-48-15-10-31(43-34(29)48)47-22-27-8-9-28(23-47)52-27/h10,15,20,24-28,33H,4-9,11-14,16-19,21-23H2,1-3H3,(H,42,50). The summed E-state index contributed by atoms with van der Waals surface area (Å²) in [5, 5.41) is 11.3. The number of hydrogen-bond donors (Lipinski definition) is 1. The van der Waals surface area contributed by atoms with Gasteiger partial charge in [-0.1, -0.05) is 0 Å². The molecule has 8 rings (SSSR count). The quantitative estimate of drug-likeness (QED) is 0.297.